The molecule has 0 unspecified atom stereocenters. The van der Waals surface area contributed by atoms with E-state index in [2.05, 4.69) is 53.4 Å². The van der Waals surface area contributed by atoms with E-state index in [0.717, 1.165) is 17.8 Å². The molecule has 0 atom stereocenters. The maximum absolute atomic E-state index is 5.93. The van der Waals surface area contributed by atoms with E-state index >= 15 is 0 Å². The maximum atomic E-state index is 5.93. The largest absolute Gasteiger partial charge is 0.455 e. The van der Waals surface area contributed by atoms with Crippen LogP contribution < -0.4 is 0 Å². The summed E-state index contributed by atoms with van der Waals surface area (Å²) < 4.78 is 5.93. The molecule has 0 saturated carbocycles. The molecule has 0 N–H and O–H groups in total. The Hall–Kier alpha value is -0.313. The second kappa shape index (κ2) is 9.57. The Labute approximate surface area is 122 Å². The Kier molecular flexibility index (Phi) is 9.41. The van der Waals surface area contributed by atoms with Gasteiger partial charge in [0.2, 0.25) is 0 Å². The van der Waals surface area contributed by atoms with Crippen molar-refractivity contribution in [1.29, 1.82) is 0 Å². The van der Waals surface area contributed by atoms with Crippen molar-refractivity contribution in [1.82, 2.24) is 0 Å². The number of hydrogen-bond acceptors (Lipinski definition) is 2. The van der Waals surface area contributed by atoms with Gasteiger partial charge in [0.1, 0.15) is 0 Å². The van der Waals surface area contributed by atoms with Gasteiger partial charge < -0.3 is 4.53 Å². The minimum Gasteiger partial charge on any atom is -0.455 e. The molecule has 0 amide bonds. The molecule has 0 spiro atoms. The minimum atomic E-state index is -1.71. The van der Waals surface area contributed by atoms with Crippen LogP contribution >= 0.6 is 0 Å². The number of hydrogen-bond donors (Lipinski definition) is 0. The van der Waals surface area contributed by atoms with Crippen LogP contribution in [0, 0.1) is 17.8 Å². The topological polar surface area (TPSA) is 21.6 Å². The number of rotatable bonds is 11. The van der Waals surface area contributed by atoms with Crippen LogP contribution in [0.1, 0.15) is 60.8 Å². The van der Waals surface area contributed by atoms with Gasteiger partial charge in [-0.25, -0.2) is 0 Å². The van der Waals surface area contributed by atoms with E-state index in [4.69, 9.17) is 4.53 Å². The molecule has 0 saturated heterocycles. The summed E-state index contributed by atoms with van der Waals surface area (Å²) in [5.41, 5.74) is 0. The smallest absolute Gasteiger partial charge is 0.287 e. The average Bonchev–Trinajstić information content (AvgIpc) is 2.31. The predicted octanol–water partition coefficient (Wildman–Crippen LogP) is 5.70. The van der Waals surface area contributed by atoms with Crippen LogP contribution in [0.15, 0.2) is 5.16 Å². The van der Waals surface area contributed by atoms with Crippen molar-refractivity contribution in [2.75, 3.05) is 0 Å². The monoisotopic (exact) mass is 285 g/mol. The summed E-state index contributed by atoms with van der Waals surface area (Å²) in [6.45, 7) is 17.4. The maximum Gasteiger partial charge on any atom is 0.287 e. The highest BCUT2D eigenvalue weighted by atomic mass is 28.4. The molecule has 0 aliphatic rings. The summed E-state index contributed by atoms with van der Waals surface area (Å²) in [7, 11) is -1.71. The lowest BCUT2D eigenvalue weighted by Crippen LogP contribution is -2.37. The predicted molar refractivity (Wildman–Crippen MR) is 89.2 cm³/mol. The van der Waals surface area contributed by atoms with Crippen LogP contribution in [0.25, 0.3) is 0 Å². The van der Waals surface area contributed by atoms with E-state index in [1.54, 1.807) is 0 Å². The molecule has 0 aliphatic carbocycles. The third kappa shape index (κ3) is 9.25. The van der Waals surface area contributed by atoms with Crippen LogP contribution in [-0.2, 0) is 4.53 Å². The Morgan fingerprint density at radius 1 is 0.789 bits per heavy atom. The third-order valence-corrected chi connectivity index (χ3v) is 7.91. The summed E-state index contributed by atoms with van der Waals surface area (Å²) in [5, 5.41) is 3.85. The average molecular weight is 286 g/mol. The lowest BCUT2D eigenvalue weighted by molar-refractivity contribution is 0.312. The minimum absolute atomic E-state index is 0.749. The molecule has 0 aliphatic heterocycles. The van der Waals surface area contributed by atoms with Crippen molar-refractivity contribution in [3.63, 3.8) is 0 Å². The standard InChI is InChI=1S/C16H35NOSi/c1-14(2)8-11-19(18-17-7,12-9-15(3)4)13-10-16(5)6/h14-16H,7-13H2,1-6H3. The molecular formula is C16H35NOSi. The Morgan fingerprint density at radius 3 is 1.32 bits per heavy atom. The molecule has 3 heteroatoms. The summed E-state index contributed by atoms with van der Waals surface area (Å²) in [5.74, 6) is 2.25. The Morgan fingerprint density at radius 2 is 1.11 bits per heavy atom. The highest BCUT2D eigenvalue weighted by Gasteiger charge is 2.37. The molecule has 2 nitrogen and oxygen atoms in total. The molecule has 0 aromatic heterocycles. The summed E-state index contributed by atoms with van der Waals surface area (Å²) in [4.78, 5) is 0. The summed E-state index contributed by atoms with van der Waals surface area (Å²) in [6.07, 6.45) is 3.79. The SMILES string of the molecule is C=NO[Si](CCC(C)C)(CCC(C)C)CCC(C)C. The van der Waals surface area contributed by atoms with Crippen molar-refractivity contribution < 1.29 is 4.53 Å². The van der Waals surface area contributed by atoms with E-state index in [0.29, 0.717) is 0 Å². The van der Waals surface area contributed by atoms with E-state index in [-0.39, 0.29) is 0 Å². The highest BCUT2D eigenvalue weighted by molar-refractivity contribution is 6.73. The lowest BCUT2D eigenvalue weighted by atomic mass is 10.2. The van der Waals surface area contributed by atoms with Crippen molar-refractivity contribution in [2.45, 2.75) is 78.9 Å². The Bertz CT molecular complexity index is 208. The molecule has 0 fully saturated rings. The molecule has 0 aromatic rings. The van der Waals surface area contributed by atoms with E-state index in [1.807, 2.05) is 0 Å². The quantitative estimate of drug-likeness (QED) is 0.271. The van der Waals surface area contributed by atoms with Crippen molar-refractivity contribution in [3.8, 4) is 0 Å². The van der Waals surface area contributed by atoms with Crippen LogP contribution in [0.2, 0.25) is 18.1 Å². The number of nitrogens with zero attached hydrogens (tertiary/aromatic N) is 1. The van der Waals surface area contributed by atoms with Gasteiger partial charge in [-0.2, -0.15) is 0 Å². The zero-order valence-electron chi connectivity index (χ0n) is 14.0. The van der Waals surface area contributed by atoms with Gasteiger partial charge in [0.15, 0.2) is 0 Å². The first-order chi connectivity index (χ1) is 8.81. The second-order valence-corrected chi connectivity index (χ2v) is 11.2. The first kappa shape index (κ1) is 18.7. The molecule has 114 valence electrons. The van der Waals surface area contributed by atoms with Crippen LogP contribution in [0.3, 0.4) is 0 Å². The first-order valence-corrected chi connectivity index (χ1v) is 10.5. The number of oxime groups is 1. The van der Waals surface area contributed by atoms with E-state index in [1.165, 1.54) is 37.4 Å². The highest BCUT2D eigenvalue weighted by Crippen LogP contribution is 2.32. The van der Waals surface area contributed by atoms with Gasteiger partial charge in [-0.15, -0.1) is 5.16 Å². The van der Waals surface area contributed by atoms with Crippen molar-refractivity contribution in [2.24, 2.45) is 22.9 Å². The second-order valence-electron chi connectivity index (χ2n) is 7.20. The van der Waals surface area contributed by atoms with Crippen LogP contribution in [-0.4, -0.2) is 15.0 Å². The first-order valence-electron chi connectivity index (χ1n) is 7.95. The van der Waals surface area contributed by atoms with Crippen LogP contribution in [0.4, 0.5) is 0 Å². The van der Waals surface area contributed by atoms with Gasteiger partial charge in [-0.3, -0.25) is 0 Å². The summed E-state index contributed by atoms with van der Waals surface area (Å²) in [6, 6.07) is 3.72. The molecular weight excluding hydrogens is 250 g/mol. The summed E-state index contributed by atoms with van der Waals surface area (Å²) >= 11 is 0. The third-order valence-electron chi connectivity index (χ3n) is 3.79. The molecule has 0 bridgehead atoms. The van der Waals surface area contributed by atoms with E-state index < -0.39 is 8.32 Å². The van der Waals surface area contributed by atoms with Crippen LogP contribution in [0.5, 0.6) is 0 Å². The zero-order valence-corrected chi connectivity index (χ0v) is 15.0. The molecule has 0 heterocycles. The fourth-order valence-electron chi connectivity index (χ4n) is 2.30. The fraction of sp³-hybridized carbons (Fsp3) is 0.938. The van der Waals surface area contributed by atoms with Gasteiger partial charge in [0.25, 0.3) is 8.32 Å². The zero-order chi connectivity index (χ0) is 14.9. The fourth-order valence-corrected chi connectivity index (χ4v) is 6.91. The normalized spacial score (nSPS) is 12.5. The lowest BCUT2D eigenvalue weighted by Gasteiger charge is -2.30. The Balaban J connectivity index is 4.70. The molecule has 0 aromatic carbocycles. The van der Waals surface area contributed by atoms with E-state index in [9.17, 15) is 0 Å². The van der Waals surface area contributed by atoms with Crippen molar-refractivity contribution in [3.05, 3.63) is 0 Å². The molecule has 0 radical (unpaired) electrons. The van der Waals surface area contributed by atoms with Gasteiger partial charge in [0.05, 0.1) is 0 Å². The van der Waals surface area contributed by atoms with Crippen molar-refractivity contribution >= 4 is 15.0 Å². The molecule has 0 rings (SSSR count). The van der Waals surface area contributed by atoms with Gasteiger partial charge >= 0.3 is 0 Å². The molecule has 19 heavy (non-hydrogen) atoms. The van der Waals surface area contributed by atoms with Gasteiger partial charge in [0, 0.05) is 6.72 Å². The van der Waals surface area contributed by atoms with Gasteiger partial charge in [-0.05, 0) is 35.9 Å². The van der Waals surface area contributed by atoms with Gasteiger partial charge in [-0.1, -0.05) is 60.8 Å².